The molecule has 7 heteroatoms. The van der Waals surface area contributed by atoms with Crippen LogP contribution < -0.4 is 10.6 Å². The van der Waals surface area contributed by atoms with Crippen LogP contribution in [0.25, 0.3) is 0 Å². The third-order valence-corrected chi connectivity index (χ3v) is 3.69. The molecule has 0 aliphatic carbocycles. The van der Waals surface area contributed by atoms with E-state index in [1.165, 1.54) is 0 Å². The highest BCUT2D eigenvalue weighted by Gasteiger charge is 2.08. The van der Waals surface area contributed by atoms with Crippen LogP contribution in [0.2, 0.25) is 20.1 Å². The van der Waals surface area contributed by atoms with Crippen molar-refractivity contribution >= 4 is 63.7 Å². The van der Waals surface area contributed by atoms with Gasteiger partial charge in [-0.25, -0.2) is 0 Å². The first-order valence-corrected chi connectivity index (χ1v) is 7.41. The van der Waals surface area contributed by atoms with Crippen LogP contribution in [0.1, 0.15) is 0 Å². The normalized spacial score (nSPS) is 10.3. The van der Waals surface area contributed by atoms with Crippen molar-refractivity contribution in [2.24, 2.45) is 0 Å². The fourth-order valence-corrected chi connectivity index (χ4v) is 2.41. The second-order valence-corrected chi connectivity index (χ2v) is 5.84. The summed E-state index contributed by atoms with van der Waals surface area (Å²) >= 11 is 23.6. The third kappa shape index (κ3) is 4.68. The molecule has 0 radical (unpaired) electrons. The molecule has 2 aromatic carbocycles. The molecule has 0 heterocycles. The monoisotopic (exact) mass is 362 g/mol. The Balaban J connectivity index is 1.97. The Morgan fingerprint density at radius 1 is 0.857 bits per heavy atom. The summed E-state index contributed by atoms with van der Waals surface area (Å²) in [4.78, 5) is 11.9. The molecule has 0 saturated heterocycles. The van der Waals surface area contributed by atoms with Gasteiger partial charge in [-0.15, -0.1) is 0 Å². The molecule has 0 spiro atoms. The molecule has 110 valence electrons. The van der Waals surface area contributed by atoms with Crippen molar-refractivity contribution in [2.75, 3.05) is 17.2 Å². The standard InChI is InChI=1S/C14H10Cl4N2O/c15-8-2-4-12(11(18)5-8)20-14(21)7-19-13-6-9(16)1-3-10(13)17/h1-6,19H,7H2,(H,20,21). The van der Waals surface area contributed by atoms with Gasteiger partial charge in [-0.2, -0.15) is 0 Å². The van der Waals surface area contributed by atoms with Crippen molar-refractivity contribution < 1.29 is 4.79 Å². The van der Waals surface area contributed by atoms with Crippen LogP contribution in [0.15, 0.2) is 36.4 Å². The van der Waals surface area contributed by atoms with E-state index in [-0.39, 0.29) is 12.5 Å². The molecule has 2 N–H and O–H groups in total. The van der Waals surface area contributed by atoms with E-state index >= 15 is 0 Å². The molecule has 0 atom stereocenters. The molecule has 0 aliphatic heterocycles. The van der Waals surface area contributed by atoms with E-state index in [2.05, 4.69) is 10.6 Å². The minimum absolute atomic E-state index is 0.0268. The Labute approximate surface area is 142 Å². The number of carbonyl (C=O) groups excluding carboxylic acids is 1. The Morgan fingerprint density at radius 2 is 1.52 bits per heavy atom. The largest absolute Gasteiger partial charge is 0.375 e. The van der Waals surface area contributed by atoms with Gasteiger partial charge in [0.1, 0.15) is 0 Å². The molecule has 3 nitrogen and oxygen atoms in total. The van der Waals surface area contributed by atoms with Crippen molar-refractivity contribution in [3.05, 3.63) is 56.5 Å². The zero-order chi connectivity index (χ0) is 15.4. The summed E-state index contributed by atoms with van der Waals surface area (Å²) in [6.45, 7) is 0.0268. The number of hydrogen-bond donors (Lipinski definition) is 2. The molecule has 0 aromatic heterocycles. The average Bonchev–Trinajstić information content (AvgIpc) is 2.43. The molecule has 0 aliphatic rings. The predicted molar refractivity (Wildman–Crippen MR) is 90.0 cm³/mol. The van der Waals surface area contributed by atoms with Gasteiger partial charge >= 0.3 is 0 Å². The second kappa shape index (κ2) is 7.23. The fourth-order valence-electron chi connectivity index (χ4n) is 1.59. The molecular formula is C14H10Cl4N2O. The van der Waals surface area contributed by atoms with Crippen LogP contribution in [-0.2, 0) is 4.79 Å². The first-order valence-electron chi connectivity index (χ1n) is 5.89. The summed E-state index contributed by atoms with van der Waals surface area (Å²) < 4.78 is 0. The summed E-state index contributed by atoms with van der Waals surface area (Å²) in [6.07, 6.45) is 0. The van der Waals surface area contributed by atoms with Gasteiger partial charge in [0, 0.05) is 10.0 Å². The zero-order valence-corrected chi connectivity index (χ0v) is 13.6. The fraction of sp³-hybridized carbons (Fsp3) is 0.0714. The van der Waals surface area contributed by atoms with Gasteiger partial charge in [0.15, 0.2) is 0 Å². The van der Waals surface area contributed by atoms with Crippen molar-refractivity contribution in [3.8, 4) is 0 Å². The SMILES string of the molecule is O=C(CNc1cc(Cl)ccc1Cl)Nc1ccc(Cl)cc1Cl. The van der Waals surface area contributed by atoms with Gasteiger partial charge < -0.3 is 10.6 Å². The Morgan fingerprint density at radius 3 is 2.24 bits per heavy atom. The van der Waals surface area contributed by atoms with Gasteiger partial charge in [-0.3, -0.25) is 4.79 Å². The third-order valence-electron chi connectivity index (χ3n) is 2.57. The lowest BCUT2D eigenvalue weighted by Crippen LogP contribution is -2.22. The quantitative estimate of drug-likeness (QED) is 0.768. The highest BCUT2D eigenvalue weighted by Crippen LogP contribution is 2.26. The number of anilines is 2. The van der Waals surface area contributed by atoms with Crippen molar-refractivity contribution in [2.45, 2.75) is 0 Å². The molecule has 0 fully saturated rings. The average molecular weight is 364 g/mol. The summed E-state index contributed by atoms with van der Waals surface area (Å²) in [5, 5.41) is 7.47. The molecule has 2 aromatic rings. The van der Waals surface area contributed by atoms with E-state index in [1.54, 1.807) is 36.4 Å². The Bertz CT molecular complexity index is 676. The number of rotatable bonds is 4. The van der Waals surface area contributed by atoms with E-state index in [9.17, 15) is 4.79 Å². The van der Waals surface area contributed by atoms with Gasteiger partial charge in [0.2, 0.25) is 5.91 Å². The summed E-state index contributed by atoms with van der Waals surface area (Å²) in [6, 6.07) is 9.80. The number of halogens is 4. The van der Waals surface area contributed by atoms with Gasteiger partial charge in [0.05, 0.1) is 28.0 Å². The molecule has 0 saturated carbocycles. The molecular weight excluding hydrogens is 354 g/mol. The minimum atomic E-state index is -0.268. The molecule has 0 unspecified atom stereocenters. The van der Waals surface area contributed by atoms with Gasteiger partial charge in [-0.1, -0.05) is 46.4 Å². The molecule has 21 heavy (non-hydrogen) atoms. The van der Waals surface area contributed by atoms with Crippen LogP contribution in [0.3, 0.4) is 0 Å². The van der Waals surface area contributed by atoms with E-state index in [4.69, 9.17) is 46.4 Å². The smallest absolute Gasteiger partial charge is 0.243 e. The lowest BCUT2D eigenvalue weighted by Gasteiger charge is -2.10. The Kier molecular flexibility index (Phi) is 5.59. The van der Waals surface area contributed by atoms with E-state index < -0.39 is 0 Å². The highest BCUT2D eigenvalue weighted by atomic mass is 35.5. The number of nitrogens with one attached hydrogen (secondary N) is 2. The number of amides is 1. The predicted octanol–water partition coefficient (Wildman–Crippen LogP) is 5.35. The summed E-state index contributed by atoms with van der Waals surface area (Å²) in [7, 11) is 0. The van der Waals surface area contributed by atoms with Gasteiger partial charge in [0.25, 0.3) is 0 Å². The molecule has 0 bridgehead atoms. The second-order valence-electron chi connectivity index (χ2n) is 4.15. The maximum Gasteiger partial charge on any atom is 0.243 e. The van der Waals surface area contributed by atoms with E-state index in [1.807, 2.05) is 0 Å². The van der Waals surface area contributed by atoms with Crippen molar-refractivity contribution in [3.63, 3.8) is 0 Å². The molecule has 2 rings (SSSR count). The van der Waals surface area contributed by atoms with E-state index in [0.29, 0.717) is 31.5 Å². The number of benzene rings is 2. The Hall–Kier alpha value is -1.13. The van der Waals surface area contributed by atoms with E-state index in [0.717, 1.165) is 0 Å². The first-order chi connectivity index (χ1) is 9.95. The maximum absolute atomic E-state index is 11.9. The number of hydrogen-bond acceptors (Lipinski definition) is 2. The van der Waals surface area contributed by atoms with Crippen LogP contribution in [0.5, 0.6) is 0 Å². The number of carbonyl (C=O) groups is 1. The van der Waals surface area contributed by atoms with Crippen molar-refractivity contribution in [1.82, 2.24) is 0 Å². The lowest BCUT2D eigenvalue weighted by atomic mass is 10.3. The maximum atomic E-state index is 11.9. The zero-order valence-electron chi connectivity index (χ0n) is 10.6. The van der Waals surface area contributed by atoms with Gasteiger partial charge in [-0.05, 0) is 36.4 Å². The summed E-state index contributed by atoms with van der Waals surface area (Å²) in [5.74, 6) is -0.268. The molecule has 1 amide bonds. The van der Waals surface area contributed by atoms with Crippen LogP contribution in [0, 0.1) is 0 Å². The van der Waals surface area contributed by atoms with Crippen LogP contribution in [-0.4, -0.2) is 12.5 Å². The first kappa shape index (κ1) is 16.2. The van der Waals surface area contributed by atoms with Crippen LogP contribution in [0.4, 0.5) is 11.4 Å². The minimum Gasteiger partial charge on any atom is -0.375 e. The summed E-state index contributed by atoms with van der Waals surface area (Å²) in [5.41, 5.74) is 1.08. The lowest BCUT2D eigenvalue weighted by molar-refractivity contribution is -0.114. The van der Waals surface area contributed by atoms with Crippen molar-refractivity contribution in [1.29, 1.82) is 0 Å². The van der Waals surface area contributed by atoms with Crippen LogP contribution >= 0.6 is 46.4 Å². The topological polar surface area (TPSA) is 41.1 Å². The highest BCUT2D eigenvalue weighted by molar-refractivity contribution is 6.37.